The van der Waals surface area contributed by atoms with Gasteiger partial charge in [-0.15, -0.1) is 0 Å². The van der Waals surface area contributed by atoms with Crippen LogP contribution in [0.2, 0.25) is 0 Å². The summed E-state index contributed by atoms with van der Waals surface area (Å²) >= 11 is 8.45. The summed E-state index contributed by atoms with van der Waals surface area (Å²) in [6.45, 7) is 0. The fraction of sp³-hybridized carbons (Fsp3) is 0.800. The molecule has 48 valence electrons. The molecule has 1 saturated carbocycles. The molecule has 1 nitrogen and oxygen atoms in total. The summed E-state index contributed by atoms with van der Waals surface area (Å²) < 4.78 is 5.47. The van der Waals surface area contributed by atoms with Crippen molar-refractivity contribution < 1.29 is 4.74 Å². The van der Waals surface area contributed by atoms with Crippen LogP contribution >= 0.6 is 24.8 Å². The Bertz CT molecular complexity index is 103. The van der Waals surface area contributed by atoms with Crippen LogP contribution in [0.4, 0.5) is 0 Å². The number of ether oxygens (including phenoxy) is 1. The molecule has 1 aliphatic rings. The van der Waals surface area contributed by atoms with E-state index in [0.717, 1.165) is 12.8 Å². The molecular weight excluding hydrogens is 179 g/mol. The SMILES string of the molecule is S=C(S)OC1CCC1.[KH]. The van der Waals surface area contributed by atoms with Crippen molar-refractivity contribution in [3.8, 4) is 0 Å². The normalized spacial score (nSPS) is 17.4. The average Bonchev–Trinajstić information content (AvgIpc) is 1.55. The molecule has 1 rings (SSSR count). The molecule has 0 unspecified atom stereocenters. The zero-order chi connectivity index (χ0) is 5.98. The van der Waals surface area contributed by atoms with E-state index in [2.05, 4.69) is 24.8 Å². The Morgan fingerprint density at radius 2 is 2.11 bits per heavy atom. The number of thiocarbonyl (C=S) groups is 1. The van der Waals surface area contributed by atoms with E-state index >= 15 is 0 Å². The maximum atomic E-state index is 5.08. The Balaban J connectivity index is 0.000000640. The second-order valence-corrected chi connectivity index (χ2v) is 3.02. The zero-order valence-electron chi connectivity index (χ0n) is 4.46. The van der Waals surface area contributed by atoms with Crippen LogP contribution in [-0.2, 0) is 4.74 Å². The Kier molecular flexibility index (Phi) is 6.67. The summed E-state index contributed by atoms with van der Waals surface area (Å²) in [7, 11) is 0. The summed E-state index contributed by atoms with van der Waals surface area (Å²) in [4.78, 5) is 0. The van der Waals surface area contributed by atoms with E-state index in [9.17, 15) is 0 Å². The zero-order valence-corrected chi connectivity index (χ0v) is 6.17. The minimum absolute atomic E-state index is 0. The third-order valence-electron chi connectivity index (χ3n) is 1.32. The second-order valence-electron chi connectivity index (χ2n) is 1.94. The predicted molar refractivity (Wildman–Crippen MR) is 47.5 cm³/mol. The van der Waals surface area contributed by atoms with Crippen molar-refractivity contribution >= 4 is 80.6 Å². The van der Waals surface area contributed by atoms with Crippen LogP contribution < -0.4 is 0 Å². The van der Waals surface area contributed by atoms with Crippen molar-refractivity contribution in [1.82, 2.24) is 0 Å². The van der Waals surface area contributed by atoms with Gasteiger partial charge in [0.2, 0.25) is 4.38 Å². The van der Waals surface area contributed by atoms with E-state index in [1.54, 1.807) is 0 Å². The summed E-state index contributed by atoms with van der Waals surface area (Å²) in [5.74, 6) is 0. The second kappa shape index (κ2) is 5.52. The third kappa shape index (κ3) is 4.34. The number of rotatable bonds is 1. The molecule has 0 aliphatic heterocycles. The van der Waals surface area contributed by atoms with E-state index in [1.165, 1.54) is 6.42 Å². The Labute approximate surface area is 109 Å². The fourth-order valence-corrected chi connectivity index (χ4v) is 0.916. The maximum absolute atomic E-state index is 5.08. The molecule has 0 atom stereocenters. The van der Waals surface area contributed by atoms with Gasteiger partial charge in [-0.3, -0.25) is 0 Å². The molecule has 4 heteroatoms. The van der Waals surface area contributed by atoms with E-state index < -0.39 is 0 Å². The average molecular weight is 188 g/mol. The van der Waals surface area contributed by atoms with Gasteiger partial charge in [0.15, 0.2) is 0 Å². The topological polar surface area (TPSA) is 9.23 Å². The van der Waals surface area contributed by atoms with Crippen LogP contribution in [0.3, 0.4) is 0 Å². The number of thiol groups is 1. The molecule has 0 aromatic carbocycles. The van der Waals surface area contributed by atoms with Gasteiger partial charge in [-0.2, -0.15) is 0 Å². The van der Waals surface area contributed by atoms with Crippen molar-refractivity contribution in [3.05, 3.63) is 0 Å². The molecule has 0 amide bonds. The van der Waals surface area contributed by atoms with Gasteiger partial charge in [0.05, 0.1) is 0 Å². The van der Waals surface area contributed by atoms with Gasteiger partial charge in [0.1, 0.15) is 6.10 Å². The van der Waals surface area contributed by atoms with E-state index in [4.69, 9.17) is 4.74 Å². The Morgan fingerprint density at radius 1 is 1.56 bits per heavy atom. The van der Waals surface area contributed by atoms with Gasteiger partial charge in [-0.25, -0.2) is 0 Å². The molecule has 0 bridgehead atoms. The van der Waals surface area contributed by atoms with Gasteiger partial charge < -0.3 is 4.74 Å². The van der Waals surface area contributed by atoms with Crippen molar-refractivity contribution in [3.63, 3.8) is 0 Å². The molecule has 0 radical (unpaired) electrons. The van der Waals surface area contributed by atoms with E-state index in [1.807, 2.05) is 0 Å². The van der Waals surface area contributed by atoms with E-state index in [0.29, 0.717) is 10.5 Å². The molecule has 0 spiro atoms. The van der Waals surface area contributed by atoms with Crippen LogP contribution in [0.15, 0.2) is 0 Å². The molecule has 1 fully saturated rings. The molecule has 0 aromatic heterocycles. The summed E-state index contributed by atoms with van der Waals surface area (Å²) in [6.07, 6.45) is 3.97. The third-order valence-corrected chi connectivity index (χ3v) is 1.52. The molecule has 0 N–H and O–H groups in total. The van der Waals surface area contributed by atoms with Gasteiger partial charge >= 0.3 is 51.4 Å². The first-order valence-corrected chi connectivity index (χ1v) is 3.54. The van der Waals surface area contributed by atoms with Crippen LogP contribution in [0.1, 0.15) is 19.3 Å². The molecule has 0 saturated heterocycles. The molecular formula is C5H9KOS2. The molecule has 1 aliphatic carbocycles. The van der Waals surface area contributed by atoms with Gasteiger partial charge in [-0.05, 0) is 31.5 Å². The van der Waals surface area contributed by atoms with Gasteiger partial charge in [0, 0.05) is 0 Å². The number of hydrogen-bond donors (Lipinski definition) is 1. The quantitative estimate of drug-likeness (QED) is 0.375. The van der Waals surface area contributed by atoms with Crippen LogP contribution in [0.5, 0.6) is 0 Å². The molecule has 0 heterocycles. The fourth-order valence-electron chi connectivity index (χ4n) is 0.631. The van der Waals surface area contributed by atoms with Crippen LogP contribution in [0, 0.1) is 0 Å². The monoisotopic (exact) mass is 188 g/mol. The molecule has 0 aromatic rings. The predicted octanol–water partition coefficient (Wildman–Crippen LogP) is 1.12. The van der Waals surface area contributed by atoms with Crippen LogP contribution in [-0.4, -0.2) is 61.9 Å². The van der Waals surface area contributed by atoms with E-state index in [-0.39, 0.29) is 51.4 Å². The van der Waals surface area contributed by atoms with Crippen molar-refractivity contribution in [2.24, 2.45) is 0 Å². The van der Waals surface area contributed by atoms with Crippen molar-refractivity contribution in [2.75, 3.05) is 0 Å². The first-order chi connectivity index (χ1) is 3.79. The van der Waals surface area contributed by atoms with Crippen molar-refractivity contribution in [1.29, 1.82) is 0 Å². The first kappa shape index (κ1) is 10.9. The number of hydrogen-bond acceptors (Lipinski definition) is 2. The first-order valence-electron chi connectivity index (χ1n) is 2.68. The standard InChI is InChI=1S/C5H8OS2.K.H/c7-5(8)6-4-2-1-3-4;;/h4H,1-3H2,(H,7,8);;. The van der Waals surface area contributed by atoms with Crippen molar-refractivity contribution in [2.45, 2.75) is 25.4 Å². The van der Waals surface area contributed by atoms with Crippen LogP contribution in [0.25, 0.3) is 0 Å². The summed E-state index contributed by atoms with van der Waals surface area (Å²) in [6, 6.07) is 0. The Hall–Kier alpha value is 1.88. The van der Waals surface area contributed by atoms with Gasteiger partial charge in [-0.1, -0.05) is 12.6 Å². The minimum atomic E-state index is 0. The summed E-state index contributed by atoms with van der Waals surface area (Å²) in [5, 5.41) is 0. The Morgan fingerprint density at radius 3 is 2.22 bits per heavy atom. The molecule has 9 heavy (non-hydrogen) atoms. The van der Waals surface area contributed by atoms with Gasteiger partial charge in [0.25, 0.3) is 0 Å². The summed E-state index contributed by atoms with van der Waals surface area (Å²) in [5.41, 5.74) is 0.